The molecule has 0 aliphatic heterocycles. The summed E-state index contributed by atoms with van der Waals surface area (Å²) in [6.45, 7) is 2.23. The summed E-state index contributed by atoms with van der Waals surface area (Å²) in [7, 11) is 0. The smallest absolute Gasteiger partial charge is 0.224 e. The van der Waals surface area contributed by atoms with Crippen LogP contribution in [0.15, 0.2) is 48.5 Å². The van der Waals surface area contributed by atoms with Crippen LogP contribution < -0.4 is 10.6 Å². The van der Waals surface area contributed by atoms with Crippen LogP contribution in [-0.2, 0) is 11.3 Å². The molecular weight excluding hydrogens is 255 g/mol. The molecule has 0 atom stereocenters. The van der Waals surface area contributed by atoms with Crippen molar-refractivity contribution >= 4 is 17.3 Å². The minimum absolute atomic E-state index is 0.0166. The summed E-state index contributed by atoms with van der Waals surface area (Å²) in [5.74, 6) is -0.233. The van der Waals surface area contributed by atoms with Gasteiger partial charge in [-0.15, -0.1) is 0 Å². The highest BCUT2D eigenvalue weighted by Crippen LogP contribution is 2.15. The van der Waals surface area contributed by atoms with Gasteiger partial charge in [-0.3, -0.25) is 4.79 Å². The zero-order chi connectivity index (χ0) is 14.4. The van der Waals surface area contributed by atoms with Gasteiger partial charge < -0.3 is 10.6 Å². The number of amides is 1. The van der Waals surface area contributed by atoms with Crippen LogP contribution in [0.1, 0.15) is 18.9 Å². The zero-order valence-electron chi connectivity index (χ0n) is 11.3. The molecule has 1 amide bonds. The fraction of sp³-hybridized carbons (Fsp3) is 0.188. The van der Waals surface area contributed by atoms with Crippen molar-refractivity contribution in [1.82, 2.24) is 0 Å². The number of benzene rings is 2. The summed E-state index contributed by atoms with van der Waals surface area (Å²) in [6, 6.07) is 14.0. The Morgan fingerprint density at radius 3 is 2.35 bits per heavy atom. The number of carbonyl (C=O) groups is 1. The molecule has 104 valence electrons. The number of hydrogen-bond donors (Lipinski definition) is 2. The number of anilines is 2. The van der Waals surface area contributed by atoms with Crippen molar-refractivity contribution in [3.63, 3.8) is 0 Å². The largest absolute Gasteiger partial charge is 0.381 e. The van der Waals surface area contributed by atoms with Gasteiger partial charge in [0.25, 0.3) is 0 Å². The van der Waals surface area contributed by atoms with E-state index in [0.29, 0.717) is 18.5 Å². The van der Waals surface area contributed by atoms with E-state index in [1.54, 1.807) is 19.1 Å². The van der Waals surface area contributed by atoms with E-state index in [-0.39, 0.29) is 11.7 Å². The van der Waals surface area contributed by atoms with Crippen LogP contribution in [0.4, 0.5) is 15.8 Å². The minimum Gasteiger partial charge on any atom is -0.381 e. The molecule has 0 radical (unpaired) electrons. The Labute approximate surface area is 117 Å². The SMILES string of the molecule is CCC(=O)Nc1ccc(NCc2ccccc2F)cc1. The molecule has 20 heavy (non-hydrogen) atoms. The number of halogens is 1. The maximum absolute atomic E-state index is 13.5. The molecule has 2 N–H and O–H groups in total. The quantitative estimate of drug-likeness (QED) is 0.869. The monoisotopic (exact) mass is 272 g/mol. The first kappa shape index (κ1) is 14.1. The molecular formula is C16H17FN2O. The van der Waals surface area contributed by atoms with Crippen LogP contribution >= 0.6 is 0 Å². The molecule has 0 fully saturated rings. The van der Waals surface area contributed by atoms with Gasteiger partial charge in [-0.25, -0.2) is 4.39 Å². The van der Waals surface area contributed by atoms with E-state index >= 15 is 0 Å². The maximum atomic E-state index is 13.5. The number of nitrogens with one attached hydrogen (secondary N) is 2. The molecule has 0 unspecified atom stereocenters. The molecule has 0 aromatic heterocycles. The molecule has 0 bridgehead atoms. The van der Waals surface area contributed by atoms with Gasteiger partial charge in [-0.2, -0.15) is 0 Å². The van der Waals surface area contributed by atoms with E-state index in [1.165, 1.54) is 6.07 Å². The van der Waals surface area contributed by atoms with E-state index in [2.05, 4.69) is 10.6 Å². The highest BCUT2D eigenvalue weighted by atomic mass is 19.1. The Hall–Kier alpha value is -2.36. The summed E-state index contributed by atoms with van der Waals surface area (Å²) >= 11 is 0. The standard InChI is InChI=1S/C16H17FN2O/c1-2-16(20)19-14-9-7-13(8-10-14)18-11-12-5-3-4-6-15(12)17/h3-10,18H,2,11H2,1H3,(H,19,20). The van der Waals surface area contributed by atoms with E-state index in [0.717, 1.165) is 11.4 Å². The van der Waals surface area contributed by atoms with Crippen molar-refractivity contribution in [2.45, 2.75) is 19.9 Å². The van der Waals surface area contributed by atoms with Gasteiger partial charge in [0.1, 0.15) is 5.82 Å². The zero-order valence-corrected chi connectivity index (χ0v) is 11.3. The van der Waals surface area contributed by atoms with Crippen molar-refractivity contribution < 1.29 is 9.18 Å². The van der Waals surface area contributed by atoms with Gasteiger partial charge in [-0.1, -0.05) is 25.1 Å². The Morgan fingerprint density at radius 2 is 1.70 bits per heavy atom. The number of hydrogen-bond acceptors (Lipinski definition) is 2. The van der Waals surface area contributed by atoms with Crippen LogP contribution in [0.5, 0.6) is 0 Å². The molecule has 0 aliphatic carbocycles. The fourth-order valence-electron chi connectivity index (χ4n) is 1.76. The lowest BCUT2D eigenvalue weighted by atomic mass is 10.2. The predicted octanol–water partition coefficient (Wildman–Crippen LogP) is 3.79. The molecule has 0 saturated heterocycles. The average Bonchev–Trinajstić information content (AvgIpc) is 2.48. The van der Waals surface area contributed by atoms with Gasteiger partial charge in [-0.05, 0) is 30.3 Å². The third kappa shape index (κ3) is 3.82. The minimum atomic E-state index is -0.216. The molecule has 3 nitrogen and oxygen atoms in total. The summed E-state index contributed by atoms with van der Waals surface area (Å²) in [5.41, 5.74) is 2.26. The predicted molar refractivity (Wildman–Crippen MR) is 79.1 cm³/mol. The third-order valence-corrected chi connectivity index (χ3v) is 2.93. The van der Waals surface area contributed by atoms with Crippen LogP contribution in [0, 0.1) is 5.82 Å². The van der Waals surface area contributed by atoms with Crippen molar-refractivity contribution in [3.8, 4) is 0 Å². The van der Waals surface area contributed by atoms with E-state index < -0.39 is 0 Å². The van der Waals surface area contributed by atoms with E-state index in [1.807, 2.05) is 30.3 Å². The lowest BCUT2D eigenvalue weighted by molar-refractivity contribution is -0.115. The van der Waals surface area contributed by atoms with Crippen molar-refractivity contribution in [2.24, 2.45) is 0 Å². The first-order valence-electron chi connectivity index (χ1n) is 6.56. The highest BCUT2D eigenvalue weighted by Gasteiger charge is 2.01. The van der Waals surface area contributed by atoms with Gasteiger partial charge in [0.05, 0.1) is 0 Å². The number of rotatable bonds is 5. The Morgan fingerprint density at radius 1 is 1.05 bits per heavy atom. The molecule has 0 spiro atoms. The Kier molecular flexibility index (Phi) is 4.71. The molecule has 2 aromatic carbocycles. The van der Waals surface area contributed by atoms with Gasteiger partial charge >= 0.3 is 0 Å². The summed E-state index contributed by atoms with van der Waals surface area (Å²) in [4.78, 5) is 11.2. The van der Waals surface area contributed by atoms with Crippen molar-refractivity contribution in [3.05, 3.63) is 59.9 Å². The van der Waals surface area contributed by atoms with Gasteiger partial charge in [0.15, 0.2) is 0 Å². The van der Waals surface area contributed by atoms with Crippen LogP contribution in [0.2, 0.25) is 0 Å². The first-order chi connectivity index (χ1) is 9.69. The molecule has 4 heteroatoms. The highest BCUT2D eigenvalue weighted by molar-refractivity contribution is 5.90. The van der Waals surface area contributed by atoms with Gasteiger partial charge in [0.2, 0.25) is 5.91 Å². The lowest BCUT2D eigenvalue weighted by Gasteiger charge is -2.09. The number of carbonyl (C=O) groups excluding carboxylic acids is 1. The Balaban J connectivity index is 1.94. The molecule has 0 heterocycles. The van der Waals surface area contributed by atoms with Gasteiger partial charge in [0, 0.05) is 29.9 Å². The van der Waals surface area contributed by atoms with E-state index in [4.69, 9.17) is 0 Å². The second-order valence-corrected chi connectivity index (χ2v) is 4.42. The lowest BCUT2D eigenvalue weighted by Crippen LogP contribution is -2.09. The average molecular weight is 272 g/mol. The van der Waals surface area contributed by atoms with Crippen LogP contribution in [-0.4, -0.2) is 5.91 Å². The third-order valence-electron chi connectivity index (χ3n) is 2.93. The molecule has 0 saturated carbocycles. The molecule has 2 rings (SSSR count). The topological polar surface area (TPSA) is 41.1 Å². The van der Waals surface area contributed by atoms with Crippen LogP contribution in [0.3, 0.4) is 0 Å². The summed E-state index contributed by atoms with van der Waals surface area (Å²) < 4.78 is 13.5. The van der Waals surface area contributed by atoms with Crippen molar-refractivity contribution in [2.75, 3.05) is 10.6 Å². The second kappa shape index (κ2) is 6.70. The molecule has 0 aliphatic rings. The summed E-state index contributed by atoms with van der Waals surface area (Å²) in [5, 5.41) is 5.92. The maximum Gasteiger partial charge on any atom is 0.224 e. The first-order valence-corrected chi connectivity index (χ1v) is 6.56. The summed E-state index contributed by atoms with van der Waals surface area (Å²) in [6.07, 6.45) is 0.452. The fourth-order valence-corrected chi connectivity index (χ4v) is 1.76. The van der Waals surface area contributed by atoms with E-state index in [9.17, 15) is 9.18 Å². The van der Waals surface area contributed by atoms with Crippen LogP contribution in [0.25, 0.3) is 0 Å². The normalized spacial score (nSPS) is 10.1. The Bertz CT molecular complexity index is 581. The molecule has 2 aromatic rings. The second-order valence-electron chi connectivity index (χ2n) is 4.42. The van der Waals surface area contributed by atoms with Crippen molar-refractivity contribution in [1.29, 1.82) is 0 Å².